The molecule has 0 aliphatic heterocycles. The monoisotopic (exact) mass is 1050 g/mol. The lowest BCUT2D eigenvalue weighted by molar-refractivity contribution is -0.870. The van der Waals surface area contributed by atoms with Crippen LogP contribution in [0.2, 0.25) is 0 Å². The first-order valence-electron chi connectivity index (χ1n) is 31.5. The summed E-state index contributed by atoms with van der Waals surface area (Å²) in [6, 6.07) is 0. The van der Waals surface area contributed by atoms with Crippen molar-refractivity contribution in [3.8, 4) is 0 Å². The van der Waals surface area contributed by atoms with Gasteiger partial charge in [-0.25, -0.2) is 0 Å². The Morgan fingerprint density at radius 1 is 0.425 bits per heavy atom. The molecule has 73 heavy (non-hydrogen) atoms. The molecule has 2 unspecified atom stereocenters. The summed E-state index contributed by atoms with van der Waals surface area (Å²) in [6.45, 7) is 4.29. The molecule has 0 heterocycles. The quantitative estimate of drug-likeness (QED) is 0.0195. The van der Waals surface area contributed by atoms with Gasteiger partial charge in [0.25, 0.3) is 7.82 Å². The number of ether oxygens (including phenoxy) is 2. The highest BCUT2D eigenvalue weighted by atomic mass is 31.2. The van der Waals surface area contributed by atoms with Gasteiger partial charge in [-0.2, -0.15) is 0 Å². The molecule has 0 saturated carbocycles. The van der Waals surface area contributed by atoms with E-state index in [1.54, 1.807) is 0 Å². The fraction of sp³-hybridized carbons (Fsp3) is 0.905. The van der Waals surface area contributed by atoms with Crippen LogP contribution in [0.25, 0.3) is 0 Å². The van der Waals surface area contributed by atoms with Crippen LogP contribution in [-0.4, -0.2) is 70.0 Å². The van der Waals surface area contributed by atoms with Crippen molar-refractivity contribution in [1.29, 1.82) is 0 Å². The lowest BCUT2D eigenvalue weighted by Gasteiger charge is -2.28. The van der Waals surface area contributed by atoms with Gasteiger partial charge in [0, 0.05) is 12.8 Å². The van der Waals surface area contributed by atoms with Crippen LogP contribution in [0.15, 0.2) is 24.3 Å². The van der Waals surface area contributed by atoms with Crippen LogP contribution in [-0.2, 0) is 32.7 Å². The van der Waals surface area contributed by atoms with Gasteiger partial charge in [-0.15, -0.1) is 0 Å². The second kappa shape index (κ2) is 55.3. The summed E-state index contributed by atoms with van der Waals surface area (Å²) >= 11 is 0. The third-order valence-corrected chi connectivity index (χ3v) is 15.2. The van der Waals surface area contributed by atoms with Crippen molar-refractivity contribution in [2.24, 2.45) is 0 Å². The summed E-state index contributed by atoms with van der Waals surface area (Å²) in [5, 5.41) is 0. The molecular weight excluding hydrogens is 930 g/mol. The highest BCUT2D eigenvalue weighted by Crippen LogP contribution is 2.38. The minimum atomic E-state index is -4.63. The minimum Gasteiger partial charge on any atom is -0.756 e. The molecule has 0 fully saturated rings. The number of nitrogens with zero attached hydrogens (tertiary/aromatic N) is 1. The zero-order chi connectivity index (χ0) is 53.5. The summed E-state index contributed by atoms with van der Waals surface area (Å²) in [5.41, 5.74) is 0. The van der Waals surface area contributed by atoms with E-state index in [0.717, 1.165) is 38.5 Å². The Bertz CT molecular complexity index is 1280. The van der Waals surface area contributed by atoms with Crippen LogP contribution in [0, 0.1) is 0 Å². The number of carbonyl (C=O) groups excluding carboxylic acids is 2. The number of quaternary nitrogens is 1. The summed E-state index contributed by atoms with van der Waals surface area (Å²) < 4.78 is 34.2. The highest BCUT2D eigenvalue weighted by molar-refractivity contribution is 7.45. The van der Waals surface area contributed by atoms with Crippen LogP contribution < -0.4 is 4.89 Å². The fourth-order valence-electron chi connectivity index (χ4n) is 9.34. The molecule has 0 aliphatic carbocycles. The zero-order valence-corrected chi connectivity index (χ0v) is 50.0. The molecule has 0 rings (SSSR count). The first kappa shape index (κ1) is 71.5. The lowest BCUT2D eigenvalue weighted by Crippen LogP contribution is -2.37. The van der Waals surface area contributed by atoms with Crippen LogP contribution in [0.5, 0.6) is 0 Å². The van der Waals surface area contributed by atoms with Gasteiger partial charge >= 0.3 is 11.9 Å². The van der Waals surface area contributed by atoms with Gasteiger partial charge in [0.15, 0.2) is 6.10 Å². The average molecular weight is 1050 g/mol. The fourth-order valence-corrected chi connectivity index (χ4v) is 10.1. The number of hydrogen-bond acceptors (Lipinski definition) is 8. The van der Waals surface area contributed by atoms with Crippen LogP contribution in [0.4, 0.5) is 0 Å². The Labute approximate surface area is 453 Å². The van der Waals surface area contributed by atoms with Gasteiger partial charge in [-0.1, -0.05) is 282 Å². The lowest BCUT2D eigenvalue weighted by atomic mass is 10.0. The van der Waals surface area contributed by atoms with Crippen molar-refractivity contribution >= 4 is 19.8 Å². The maximum atomic E-state index is 12.8. The Kier molecular flexibility index (Phi) is 54.1. The molecule has 432 valence electrons. The van der Waals surface area contributed by atoms with Gasteiger partial charge < -0.3 is 27.9 Å². The smallest absolute Gasteiger partial charge is 0.306 e. The van der Waals surface area contributed by atoms with Crippen molar-refractivity contribution < 1.29 is 42.1 Å². The van der Waals surface area contributed by atoms with E-state index in [9.17, 15) is 19.0 Å². The maximum absolute atomic E-state index is 12.8. The normalized spacial score (nSPS) is 13.3. The Balaban J connectivity index is 4.02. The van der Waals surface area contributed by atoms with Gasteiger partial charge in [-0.3, -0.25) is 14.2 Å². The van der Waals surface area contributed by atoms with Crippen molar-refractivity contribution in [2.45, 2.75) is 322 Å². The molecule has 0 amide bonds. The molecule has 0 saturated heterocycles. The molecular formula is C63H122NO8P. The highest BCUT2D eigenvalue weighted by Gasteiger charge is 2.22. The van der Waals surface area contributed by atoms with Crippen molar-refractivity contribution in [1.82, 2.24) is 0 Å². The van der Waals surface area contributed by atoms with Crippen LogP contribution in [0.1, 0.15) is 316 Å². The number of phosphoric acid groups is 1. The van der Waals surface area contributed by atoms with E-state index in [-0.39, 0.29) is 32.0 Å². The molecule has 0 aromatic heterocycles. The van der Waals surface area contributed by atoms with Crippen molar-refractivity contribution in [3.63, 3.8) is 0 Å². The van der Waals surface area contributed by atoms with Gasteiger partial charge in [0.2, 0.25) is 0 Å². The number of likely N-dealkylation sites (N-methyl/N-ethyl adjacent to an activating group) is 1. The number of unbranched alkanes of at least 4 members (excludes halogenated alkanes) is 41. The van der Waals surface area contributed by atoms with E-state index < -0.39 is 26.5 Å². The molecule has 2 atom stereocenters. The van der Waals surface area contributed by atoms with E-state index in [1.807, 2.05) is 21.1 Å². The molecule has 9 nitrogen and oxygen atoms in total. The first-order valence-corrected chi connectivity index (χ1v) is 33.0. The summed E-state index contributed by atoms with van der Waals surface area (Å²) in [5.74, 6) is -0.812. The molecule has 0 N–H and O–H groups in total. The Hall–Kier alpha value is -1.51. The molecule has 0 aromatic carbocycles. The summed E-state index contributed by atoms with van der Waals surface area (Å²) in [4.78, 5) is 37.9. The first-order chi connectivity index (χ1) is 35.5. The zero-order valence-electron chi connectivity index (χ0n) is 49.1. The number of carbonyl (C=O) groups is 2. The Morgan fingerprint density at radius 3 is 1.08 bits per heavy atom. The van der Waals surface area contributed by atoms with Crippen LogP contribution in [0.3, 0.4) is 0 Å². The largest absolute Gasteiger partial charge is 0.756 e. The van der Waals surface area contributed by atoms with Crippen LogP contribution >= 0.6 is 7.82 Å². The summed E-state index contributed by atoms with van der Waals surface area (Å²) in [7, 11) is 1.19. The predicted octanol–water partition coefficient (Wildman–Crippen LogP) is 19.1. The topological polar surface area (TPSA) is 111 Å². The second-order valence-electron chi connectivity index (χ2n) is 22.8. The summed E-state index contributed by atoms with van der Waals surface area (Å²) in [6.07, 6.45) is 66.7. The van der Waals surface area contributed by atoms with E-state index in [4.69, 9.17) is 18.5 Å². The number of rotatable bonds is 59. The van der Waals surface area contributed by atoms with Gasteiger partial charge in [0.1, 0.15) is 19.8 Å². The molecule has 0 bridgehead atoms. The van der Waals surface area contributed by atoms with E-state index in [0.29, 0.717) is 17.4 Å². The maximum Gasteiger partial charge on any atom is 0.306 e. The second-order valence-corrected chi connectivity index (χ2v) is 24.2. The molecule has 0 aromatic rings. The SMILES string of the molecule is CCCCCCC/C=C\C/C=C\CCCCCCCCCCCCCCCCCCCCCC(=O)OC(COC(=O)CCCCCCCCCCCCCCCCCCCC)COP(=O)([O-])OCC[N+](C)(C)C. The Morgan fingerprint density at radius 2 is 0.740 bits per heavy atom. The van der Waals surface area contributed by atoms with Crippen molar-refractivity contribution in [3.05, 3.63) is 24.3 Å². The molecule has 0 radical (unpaired) electrons. The molecule has 10 heteroatoms. The number of hydrogen-bond donors (Lipinski definition) is 0. The minimum absolute atomic E-state index is 0.0269. The number of esters is 2. The third-order valence-electron chi connectivity index (χ3n) is 14.2. The predicted molar refractivity (Wildman–Crippen MR) is 310 cm³/mol. The molecule has 0 spiro atoms. The van der Waals surface area contributed by atoms with E-state index in [2.05, 4.69) is 38.2 Å². The standard InChI is InChI=1S/C63H122NO8P/c1-6-8-10-12-14-16-18-20-22-24-26-27-28-29-30-31-32-33-34-35-36-37-38-40-42-44-46-48-50-52-54-56-63(66)72-61(60-71-73(67,68)70-58-57-64(3,4)5)59-69-62(65)55-53-51-49-47-45-43-41-39-25-23-21-19-17-15-13-11-9-7-2/h18,20,24,26,61H,6-17,19,21-23,25,27-60H2,1-5H3/b20-18-,26-24-. The van der Waals surface area contributed by atoms with E-state index in [1.165, 1.54) is 244 Å². The number of allylic oxidation sites excluding steroid dienone is 4. The van der Waals surface area contributed by atoms with Crippen molar-refractivity contribution in [2.75, 3.05) is 47.5 Å². The third kappa shape index (κ3) is 59.6. The average Bonchev–Trinajstić information content (AvgIpc) is 3.35. The number of phosphoric ester groups is 1. The molecule has 0 aliphatic rings. The van der Waals surface area contributed by atoms with Gasteiger partial charge in [0.05, 0.1) is 27.7 Å². The van der Waals surface area contributed by atoms with E-state index >= 15 is 0 Å². The van der Waals surface area contributed by atoms with Gasteiger partial charge in [-0.05, 0) is 44.9 Å².